The number of benzene rings is 2. The molecule has 124 valence electrons. The van der Waals surface area contributed by atoms with Gasteiger partial charge in [-0.2, -0.15) is 0 Å². The molecule has 0 fully saturated rings. The van der Waals surface area contributed by atoms with E-state index in [4.69, 9.17) is 4.74 Å². The third-order valence-electron chi connectivity index (χ3n) is 3.64. The van der Waals surface area contributed by atoms with Gasteiger partial charge in [0, 0.05) is 19.1 Å². The van der Waals surface area contributed by atoms with Crippen LogP contribution >= 0.6 is 0 Å². The summed E-state index contributed by atoms with van der Waals surface area (Å²) in [5.74, 6) is -0.224. The molecule has 0 amide bonds. The number of rotatable bonds is 4. The average Bonchev–Trinajstić information content (AvgIpc) is 2.54. The van der Waals surface area contributed by atoms with Crippen molar-refractivity contribution in [2.75, 3.05) is 12.4 Å². The number of carboxylic acid groups (broad SMARTS) is 1. The van der Waals surface area contributed by atoms with E-state index in [1.807, 2.05) is 31.2 Å². The molecule has 0 unspecified atom stereocenters. The Balaban J connectivity index is 0.00000208. The molecule has 3 aromatic rings. The fourth-order valence-electron chi connectivity index (χ4n) is 2.55. The number of carboxylic acids is 1. The van der Waals surface area contributed by atoms with E-state index >= 15 is 0 Å². The molecule has 1 heterocycles. The highest BCUT2D eigenvalue weighted by Crippen LogP contribution is 2.29. The van der Waals surface area contributed by atoms with E-state index in [-0.39, 0.29) is 18.0 Å². The molecule has 2 aromatic carbocycles. The Morgan fingerprint density at radius 2 is 1.88 bits per heavy atom. The van der Waals surface area contributed by atoms with Crippen LogP contribution in [0, 0.1) is 6.92 Å². The number of halogens is 1. The molecule has 0 bridgehead atoms. The molecule has 0 radical (unpaired) electrons. The van der Waals surface area contributed by atoms with Crippen LogP contribution in [0.2, 0.25) is 0 Å². The summed E-state index contributed by atoms with van der Waals surface area (Å²) in [6.07, 6.45) is 0. The summed E-state index contributed by atoms with van der Waals surface area (Å²) in [4.78, 5) is 14.7. The van der Waals surface area contributed by atoms with Crippen molar-refractivity contribution < 1.29 is 32.0 Å². The predicted molar refractivity (Wildman–Crippen MR) is 88.5 cm³/mol. The van der Waals surface area contributed by atoms with Crippen LogP contribution in [0.1, 0.15) is 16.1 Å². The first-order chi connectivity index (χ1) is 11.1. The van der Waals surface area contributed by atoms with Gasteiger partial charge in [0.1, 0.15) is 5.75 Å². The minimum absolute atomic E-state index is 0. The lowest BCUT2D eigenvalue weighted by Gasteiger charge is -2.11. The zero-order valence-electron chi connectivity index (χ0n) is 13.3. The van der Waals surface area contributed by atoms with Gasteiger partial charge in [0.15, 0.2) is 5.69 Å². The van der Waals surface area contributed by atoms with Crippen LogP contribution in [0.3, 0.4) is 0 Å². The molecule has 24 heavy (non-hydrogen) atoms. The molecule has 0 aliphatic rings. The molecule has 3 N–H and O–H groups in total. The molecule has 0 saturated carbocycles. The molecule has 3 rings (SSSR count). The smallest absolute Gasteiger partial charge is 0.337 e. The number of fused-ring (bicyclic) bond motifs is 1. The number of aryl methyl sites for hydroxylation is 1. The number of H-pyrrole nitrogens is 1. The normalized spacial score (nSPS) is 10.1. The van der Waals surface area contributed by atoms with Gasteiger partial charge in [-0.25, -0.2) is 9.78 Å². The van der Waals surface area contributed by atoms with Crippen LogP contribution < -0.4 is 27.4 Å². The number of anilines is 2. The standard InChI is InChI=1S/C18H16N2O3.ClH/c1-11-9-17(14-10-12(23-2)7-8-16(14)19-11)20-15-6-4-3-5-13(15)18(21)22;/h3-10H,1-2H3,(H,19,20)(H,21,22);1H. The molecule has 0 atom stereocenters. The first-order valence-corrected chi connectivity index (χ1v) is 7.18. The zero-order valence-corrected chi connectivity index (χ0v) is 14.0. The molecular weight excluding hydrogens is 328 g/mol. The second-order valence-electron chi connectivity index (χ2n) is 5.25. The van der Waals surface area contributed by atoms with Crippen LogP contribution in [0.4, 0.5) is 11.4 Å². The maximum Gasteiger partial charge on any atom is 0.337 e. The summed E-state index contributed by atoms with van der Waals surface area (Å²) in [7, 11) is 1.62. The number of methoxy groups -OCH3 is 1. The van der Waals surface area contributed by atoms with Gasteiger partial charge in [-0.3, -0.25) is 0 Å². The van der Waals surface area contributed by atoms with E-state index in [9.17, 15) is 9.90 Å². The van der Waals surface area contributed by atoms with Gasteiger partial charge in [0.2, 0.25) is 5.52 Å². The van der Waals surface area contributed by atoms with Crippen molar-refractivity contribution in [3.05, 3.63) is 59.8 Å². The maximum atomic E-state index is 11.4. The first-order valence-electron chi connectivity index (χ1n) is 7.18. The summed E-state index contributed by atoms with van der Waals surface area (Å²) in [5.41, 5.74) is 3.52. The second-order valence-corrected chi connectivity index (χ2v) is 5.25. The lowest BCUT2D eigenvalue weighted by Crippen LogP contribution is -3.00. The van der Waals surface area contributed by atoms with Gasteiger partial charge in [0.25, 0.3) is 0 Å². The Bertz CT molecular complexity index is 897. The quantitative estimate of drug-likeness (QED) is 0.719. The Hall–Kier alpha value is -2.79. The Labute approximate surface area is 145 Å². The van der Waals surface area contributed by atoms with Crippen molar-refractivity contribution in [3.63, 3.8) is 0 Å². The number of carbonyl (C=O) groups is 1. The van der Waals surface area contributed by atoms with Crippen molar-refractivity contribution in [2.24, 2.45) is 0 Å². The van der Waals surface area contributed by atoms with E-state index in [0.717, 1.165) is 28.0 Å². The first kappa shape index (κ1) is 17.6. The van der Waals surface area contributed by atoms with Crippen LogP contribution in [0.15, 0.2) is 48.5 Å². The summed E-state index contributed by atoms with van der Waals surface area (Å²) in [6.45, 7) is 1.96. The van der Waals surface area contributed by atoms with Crippen molar-refractivity contribution >= 4 is 28.2 Å². The highest BCUT2D eigenvalue weighted by Gasteiger charge is 2.14. The van der Waals surface area contributed by atoms with Gasteiger partial charge >= 0.3 is 5.97 Å². The minimum Gasteiger partial charge on any atom is -1.00 e. The summed E-state index contributed by atoms with van der Waals surface area (Å²) < 4.78 is 5.28. The number of ether oxygens (including phenoxy) is 1. The largest absolute Gasteiger partial charge is 1.00 e. The Kier molecular flexibility index (Phi) is 5.26. The lowest BCUT2D eigenvalue weighted by atomic mass is 10.1. The third kappa shape index (κ3) is 3.41. The Morgan fingerprint density at radius 1 is 1.12 bits per heavy atom. The fourth-order valence-corrected chi connectivity index (χ4v) is 2.55. The monoisotopic (exact) mass is 344 g/mol. The van der Waals surface area contributed by atoms with E-state index < -0.39 is 5.97 Å². The maximum absolute atomic E-state index is 11.4. The summed E-state index contributed by atoms with van der Waals surface area (Å²) in [5, 5.41) is 13.5. The lowest BCUT2D eigenvalue weighted by molar-refractivity contribution is -0.354. The number of aromatic amines is 1. The Morgan fingerprint density at radius 3 is 2.58 bits per heavy atom. The third-order valence-corrected chi connectivity index (χ3v) is 3.64. The topological polar surface area (TPSA) is 72.7 Å². The minimum atomic E-state index is -0.964. The van der Waals surface area contributed by atoms with Crippen LogP contribution in [0.5, 0.6) is 5.75 Å². The SMILES string of the molecule is COc1ccc2[nH+]c(C)cc(Nc3ccccc3C(=O)O)c2c1.[Cl-]. The van der Waals surface area contributed by atoms with Crippen molar-refractivity contribution in [3.8, 4) is 5.75 Å². The number of nitrogens with one attached hydrogen (secondary N) is 2. The molecule has 0 saturated heterocycles. The number of aromatic carboxylic acids is 1. The predicted octanol–water partition coefficient (Wildman–Crippen LogP) is 0.417. The number of para-hydroxylation sites is 1. The van der Waals surface area contributed by atoms with Gasteiger partial charge in [-0.05, 0) is 24.3 Å². The van der Waals surface area contributed by atoms with Crippen molar-refractivity contribution in [1.82, 2.24) is 0 Å². The van der Waals surface area contributed by atoms with Gasteiger partial charge in [0.05, 0.1) is 29.4 Å². The summed E-state index contributed by atoms with van der Waals surface area (Å²) in [6, 6.07) is 14.5. The average molecular weight is 345 g/mol. The highest BCUT2D eigenvalue weighted by atomic mass is 35.5. The molecule has 0 aliphatic carbocycles. The van der Waals surface area contributed by atoms with E-state index in [0.29, 0.717) is 5.69 Å². The van der Waals surface area contributed by atoms with Gasteiger partial charge in [-0.1, -0.05) is 12.1 Å². The van der Waals surface area contributed by atoms with Crippen molar-refractivity contribution in [2.45, 2.75) is 6.92 Å². The molecule has 0 aliphatic heterocycles. The number of aromatic nitrogens is 1. The van der Waals surface area contributed by atoms with E-state index in [1.165, 1.54) is 0 Å². The number of hydrogen-bond donors (Lipinski definition) is 2. The molecular formula is C18H17ClN2O3. The molecule has 5 nitrogen and oxygen atoms in total. The zero-order chi connectivity index (χ0) is 16.4. The van der Waals surface area contributed by atoms with Gasteiger partial charge < -0.3 is 27.6 Å². The molecule has 0 spiro atoms. The fraction of sp³-hybridized carbons (Fsp3) is 0.111. The summed E-state index contributed by atoms with van der Waals surface area (Å²) >= 11 is 0. The highest BCUT2D eigenvalue weighted by molar-refractivity contribution is 5.98. The van der Waals surface area contributed by atoms with E-state index in [1.54, 1.807) is 31.4 Å². The number of hydrogen-bond acceptors (Lipinski definition) is 3. The number of pyridine rings is 1. The van der Waals surface area contributed by atoms with E-state index in [2.05, 4.69) is 10.3 Å². The van der Waals surface area contributed by atoms with Crippen LogP contribution in [-0.4, -0.2) is 18.2 Å². The second kappa shape index (κ2) is 7.19. The van der Waals surface area contributed by atoms with Crippen LogP contribution in [-0.2, 0) is 0 Å². The molecule has 1 aromatic heterocycles. The van der Waals surface area contributed by atoms with Crippen LogP contribution in [0.25, 0.3) is 10.9 Å². The molecule has 6 heteroatoms. The van der Waals surface area contributed by atoms with Crippen molar-refractivity contribution in [1.29, 1.82) is 0 Å². The van der Waals surface area contributed by atoms with Gasteiger partial charge in [-0.15, -0.1) is 0 Å².